The van der Waals surface area contributed by atoms with E-state index in [0.29, 0.717) is 16.6 Å². The van der Waals surface area contributed by atoms with Gasteiger partial charge in [-0.3, -0.25) is 0 Å². The predicted octanol–water partition coefficient (Wildman–Crippen LogP) is 3.06. The number of rotatable bonds is 0. The smallest absolute Gasteiger partial charge is 0.186 e. The minimum Gasteiger partial charge on any atom is -0.244 e. The van der Waals surface area contributed by atoms with E-state index in [0.717, 1.165) is 6.07 Å². The fourth-order valence-electron chi connectivity index (χ4n) is 1.63. The molecule has 0 aliphatic rings. The molecule has 16 heavy (non-hydrogen) atoms. The van der Waals surface area contributed by atoms with Crippen LogP contribution in [-0.2, 0) is 0 Å². The molecule has 0 saturated carbocycles. The molecule has 0 unspecified atom stereocenters. The highest BCUT2D eigenvalue weighted by atomic mass is 19.2. The van der Waals surface area contributed by atoms with Crippen LogP contribution in [-0.4, -0.2) is 9.97 Å². The lowest BCUT2D eigenvalue weighted by Gasteiger charge is -2.01. The van der Waals surface area contributed by atoms with Crippen molar-refractivity contribution in [3.63, 3.8) is 0 Å². The number of halogens is 2. The van der Waals surface area contributed by atoms with Gasteiger partial charge < -0.3 is 0 Å². The number of benzene rings is 2. The van der Waals surface area contributed by atoms with Crippen molar-refractivity contribution in [3.05, 3.63) is 48.0 Å². The summed E-state index contributed by atoms with van der Waals surface area (Å²) in [5, 5.41) is 0. The van der Waals surface area contributed by atoms with E-state index >= 15 is 0 Å². The van der Waals surface area contributed by atoms with Gasteiger partial charge in [0.2, 0.25) is 0 Å². The van der Waals surface area contributed by atoms with Gasteiger partial charge in [0.15, 0.2) is 11.6 Å². The van der Waals surface area contributed by atoms with Crippen molar-refractivity contribution in [1.29, 1.82) is 0 Å². The first-order valence-corrected chi connectivity index (χ1v) is 4.76. The topological polar surface area (TPSA) is 25.8 Å². The highest BCUT2D eigenvalue weighted by molar-refractivity contribution is 5.86. The Labute approximate surface area is 89.6 Å². The molecule has 1 aromatic heterocycles. The number of hydrogen-bond donors (Lipinski definition) is 0. The highest BCUT2D eigenvalue weighted by Crippen LogP contribution is 2.20. The summed E-state index contributed by atoms with van der Waals surface area (Å²) in [7, 11) is 0. The van der Waals surface area contributed by atoms with Crippen LogP contribution in [0.2, 0.25) is 0 Å². The predicted molar refractivity (Wildman–Crippen MR) is 57.0 cm³/mol. The van der Waals surface area contributed by atoms with Crippen LogP contribution in [0, 0.1) is 11.6 Å². The molecule has 1 heterocycles. The second-order valence-corrected chi connectivity index (χ2v) is 3.44. The molecule has 0 bridgehead atoms. The standard InChI is InChI=1S/C12H6F2N2/c13-7-5-6-10-12(11(7)14)16-9-4-2-1-3-8(9)15-10/h1-6H. The summed E-state index contributed by atoms with van der Waals surface area (Å²) in [6.07, 6.45) is 0. The van der Waals surface area contributed by atoms with E-state index in [4.69, 9.17) is 0 Å². The Balaban J connectivity index is 2.51. The Morgan fingerprint density at radius 2 is 1.44 bits per heavy atom. The molecule has 0 saturated heterocycles. The number of para-hydroxylation sites is 2. The van der Waals surface area contributed by atoms with Crippen LogP contribution in [0.1, 0.15) is 0 Å². The van der Waals surface area contributed by atoms with Gasteiger partial charge >= 0.3 is 0 Å². The molecule has 0 radical (unpaired) electrons. The van der Waals surface area contributed by atoms with E-state index in [9.17, 15) is 8.78 Å². The average molecular weight is 216 g/mol. The molecule has 0 amide bonds. The van der Waals surface area contributed by atoms with E-state index in [1.165, 1.54) is 6.07 Å². The third-order valence-corrected chi connectivity index (χ3v) is 2.40. The van der Waals surface area contributed by atoms with E-state index < -0.39 is 11.6 Å². The molecule has 0 aliphatic carbocycles. The van der Waals surface area contributed by atoms with Crippen molar-refractivity contribution in [2.75, 3.05) is 0 Å². The lowest BCUT2D eigenvalue weighted by molar-refractivity contribution is 0.515. The summed E-state index contributed by atoms with van der Waals surface area (Å²) in [4.78, 5) is 8.27. The molecule has 3 rings (SSSR count). The first-order valence-electron chi connectivity index (χ1n) is 4.76. The number of aromatic nitrogens is 2. The fourth-order valence-corrected chi connectivity index (χ4v) is 1.63. The zero-order valence-corrected chi connectivity index (χ0v) is 8.11. The summed E-state index contributed by atoms with van der Waals surface area (Å²) in [5.74, 6) is -1.85. The number of nitrogens with zero attached hydrogens (tertiary/aromatic N) is 2. The van der Waals surface area contributed by atoms with Crippen LogP contribution in [0.3, 0.4) is 0 Å². The normalized spacial score (nSPS) is 11.1. The van der Waals surface area contributed by atoms with E-state index in [-0.39, 0.29) is 5.52 Å². The average Bonchev–Trinajstić information content (AvgIpc) is 2.32. The molecule has 0 aliphatic heterocycles. The monoisotopic (exact) mass is 216 g/mol. The highest BCUT2D eigenvalue weighted by Gasteiger charge is 2.10. The van der Waals surface area contributed by atoms with Crippen molar-refractivity contribution in [1.82, 2.24) is 9.97 Å². The van der Waals surface area contributed by atoms with Crippen molar-refractivity contribution >= 4 is 22.1 Å². The van der Waals surface area contributed by atoms with Crippen LogP contribution in [0.5, 0.6) is 0 Å². The molecular formula is C12H6F2N2. The Hall–Kier alpha value is -2.10. The maximum atomic E-state index is 13.4. The van der Waals surface area contributed by atoms with Crippen LogP contribution in [0.15, 0.2) is 36.4 Å². The van der Waals surface area contributed by atoms with Gasteiger partial charge in [-0.2, -0.15) is 0 Å². The molecule has 0 N–H and O–H groups in total. The summed E-state index contributed by atoms with van der Waals surface area (Å²) in [6.45, 7) is 0. The molecule has 2 nitrogen and oxygen atoms in total. The first-order chi connectivity index (χ1) is 7.75. The Bertz CT molecular complexity index is 695. The van der Waals surface area contributed by atoms with E-state index in [1.807, 2.05) is 6.07 Å². The maximum Gasteiger partial charge on any atom is 0.186 e. The molecule has 78 valence electrons. The van der Waals surface area contributed by atoms with Crippen LogP contribution in [0.4, 0.5) is 8.78 Å². The second-order valence-electron chi connectivity index (χ2n) is 3.44. The van der Waals surface area contributed by atoms with Gasteiger partial charge in [-0.15, -0.1) is 0 Å². The van der Waals surface area contributed by atoms with Gasteiger partial charge in [0.1, 0.15) is 5.52 Å². The molecule has 2 aromatic carbocycles. The lowest BCUT2D eigenvalue weighted by Crippen LogP contribution is -1.93. The fraction of sp³-hybridized carbons (Fsp3) is 0. The zero-order valence-electron chi connectivity index (χ0n) is 8.11. The Morgan fingerprint density at radius 1 is 0.750 bits per heavy atom. The summed E-state index contributed by atoms with van der Waals surface area (Å²) in [5.41, 5.74) is 1.55. The summed E-state index contributed by atoms with van der Waals surface area (Å²) >= 11 is 0. The van der Waals surface area contributed by atoms with Crippen molar-refractivity contribution in [3.8, 4) is 0 Å². The summed E-state index contributed by atoms with van der Waals surface area (Å²) in [6, 6.07) is 9.58. The van der Waals surface area contributed by atoms with Gasteiger partial charge in [-0.1, -0.05) is 12.1 Å². The first kappa shape index (κ1) is 9.15. The third kappa shape index (κ3) is 1.23. The molecule has 4 heteroatoms. The van der Waals surface area contributed by atoms with Crippen molar-refractivity contribution in [2.24, 2.45) is 0 Å². The Kier molecular flexibility index (Phi) is 1.83. The molecule has 3 aromatic rings. The zero-order chi connectivity index (χ0) is 11.1. The largest absolute Gasteiger partial charge is 0.244 e. The second kappa shape index (κ2) is 3.20. The SMILES string of the molecule is Fc1ccc2nc3ccccc3nc2c1F. The maximum absolute atomic E-state index is 13.4. The summed E-state index contributed by atoms with van der Waals surface area (Å²) < 4.78 is 26.5. The van der Waals surface area contributed by atoms with Gasteiger partial charge in [-0.05, 0) is 24.3 Å². The van der Waals surface area contributed by atoms with Gasteiger partial charge in [0.25, 0.3) is 0 Å². The van der Waals surface area contributed by atoms with Crippen LogP contribution >= 0.6 is 0 Å². The van der Waals surface area contributed by atoms with Crippen LogP contribution < -0.4 is 0 Å². The lowest BCUT2D eigenvalue weighted by atomic mass is 10.2. The minimum atomic E-state index is -0.948. The van der Waals surface area contributed by atoms with E-state index in [2.05, 4.69) is 9.97 Å². The van der Waals surface area contributed by atoms with Gasteiger partial charge in [0.05, 0.1) is 16.6 Å². The quantitative estimate of drug-likeness (QED) is 0.540. The molecular weight excluding hydrogens is 210 g/mol. The molecule has 0 fully saturated rings. The Morgan fingerprint density at radius 3 is 2.19 bits per heavy atom. The van der Waals surface area contributed by atoms with Crippen molar-refractivity contribution in [2.45, 2.75) is 0 Å². The molecule has 0 spiro atoms. The number of hydrogen-bond acceptors (Lipinski definition) is 2. The third-order valence-electron chi connectivity index (χ3n) is 2.40. The van der Waals surface area contributed by atoms with Crippen LogP contribution in [0.25, 0.3) is 22.1 Å². The minimum absolute atomic E-state index is 0.0290. The van der Waals surface area contributed by atoms with Gasteiger partial charge in [0, 0.05) is 0 Å². The number of fused-ring (bicyclic) bond motifs is 2. The van der Waals surface area contributed by atoms with Gasteiger partial charge in [-0.25, -0.2) is 18.7 Å². The van der Waals surface area contributed by atoms with Crippen molar-refractivity contribution < 1.29 is 8.78 Å². The van der Waals surface area contributed by atoms with E-state index in [1.54, 1.807) is 18.2 Å². The molecule has 0 atom stereocenters.